The molecular weight excluding hydrogens is 130 g/mol. The van der Waals surface area contributed by atoms with Crippen molar-refractivity contribution in [3.05, 3.63) is 18.0 Å². The lowest BCUT2D eigenvalue weighted by Gasteiger charge is -2.13. The Morgan fingerprint density at radius 3 is 3.20 bits per heavy atom. The van der Waals surface area contributed by atoms with Crippen molar-refractivity contribution in [1.29, 1.82) is 0 Å². The summed E-state index contributed by atoms with van der Waals surface area (Å²) < 4.78 is 0. The van der Waals surface area contributed by atoms with Crippen molar-refractivity contribution in [2.75, 3.05) is 5.32 Å². The first-order chi connectivity index (χ1) is 4.86. The molecule has 0 aliphatic carbocycles. The Bertz CT molecular complexity index is 266. The Morgan fingerprint density at radius 2 is 2.30 bits per heavy atom. The normalized spacial score (nSPS) is 15.4. The van der Waals surface area contributed by atoms with Gasteiger partial charge >= 0.3 is 6.03 Å². The van der Waals surface area contributed by atoms with Gasteiger partial charge in [-0.3, -0.25) is 0 Å². The first kappa shape index (κ1) is 5.34. The fraction of sp³-hybridized carbons (Fsp3) is 0.167. The quantitative estimate of drug-likeness (QED) is 0.483. The van der Waals surface area contributed by atoms with Crippen LogP contribution in [0.25, 0.3) is 0 Å². The largest absolute Gasteiger partial charge is 0.365 e. The van der Waals surface area contributed by atoms with E-state index in [1.807, 2.05) is 6.20 Å². The number of amides is 2. The number of fused-ring (bicyclic) bond motifs is 1. The number of carbonyl (C=O) groups excluding carboxylic acids is 1. The van der Waals surface area contributed by atoms with E-state index in [1.54, 1.807) is 6.20 Å². The second-order valence-electron chi connectivity index (χ2n) is 2.20. The molecule has 4 nitrogen and oxygen atoms in total. The van der Waals surface area contributed by atoms with E-state index in [1.165, 1.54) is 0 Å². The second-order valence-corrected chi connectivity index (χ2v) is 2.20. The molecular formula is C6H7N3O. The molecule has 2 amide bonds. The standard InChI is InChI=1S/C6H7N3O/c10-6-8-2-4-1-7-3-5(4)9-6/h1,3,7H,2H2,(H2,8,9,10). The minimum atomic E-state index is -0.132. The molecule has 1 aliphatic rings. The van der Waals surface area contributed by atoms with Crippen molar-refractivity contribution in [3.8, 4) is 0 Å². The van der Waals surface area contributed by atoms with E-state index in [9.17, 15) is 4.79 Å². The van der Waals surface area contributed by atoms with E-state index in [4.69, 9.17) is 0 Å². The third-order valence-electron chi connectivity index (χ3n) is 1.52. The summed E-state index contributed by atoms with van der Waals surface area (Å²) in [5.41, 5.74) is 1.98. The first-order valence-electron chi connectivity index (χ1n) is 3.07. The Labute approximate surface area is 57.6 Å². The summed E-state index contributed by atoms with van der Waals surface area (Å²) in [6, 6.07) is -0.132. The third kappa shape index (κ3) is 0.655. The van der Waals surface area contributed by atoms with Crippen LogP contribution in [0.15, 0.2) is 12.4 Å². The number of aromatic amines is 1. The number of rotatable bonds is 0. The summed E-state index contributed by atoms with van der Waals surface area (Å²) in [7, 11) is 0. The molecule has 2 heterocycles. The van der Waals surface area contributed by atoms with E-state index in [-0.39, 0.29) is 6.03 Å². The molecule has 3 N–H and O–H groups in total. The number of carbonyl (C=O) groups is 1. The summed E-state index contributed by atoms with van der Waals surface area (Å²) >= 11 is 0. The van der Waals surface area contributed by atoms with Gasteiger partial charge in [-0.1, -0.05) is 0 Å². The molecule has 0 radical (unpaired) electrons. The number of aromatic nitrogens is 1. The van der Waals surface area contributed by atoms with Gasteiger partial charge in [-0.05, 0) is 0 Å². The molecule has 52 valence electrons. The Kier molecular flexibility index (Phi) is 0.943. The fourth-order valence-corrected chi connectivity index (χ4v) is 1.00. The van der Waals surface area contributed by atoms with E-state index >= 15 is 0 Å². The van der Waals surface area contributed by atoms with Crippen molar-refractivity contribution in [1.82, 2.24) is 10.3 Å². The average molecular weight is 137 g/mol. The molecule has 10 heavy (non-hydrogen) atoms. The third-order valence-corrected chi connectivity index (χ3v) is 1.52. The van der Waals surface area contributed by atoms with Gasteiger partial charge in [0.1, 0.15) is 0 Å². The van der Waals surface area contributed by atoms with Gasteiger partial charge in [0.15, 0.2) is 0 Å². The van der Waals surface area contributed by atoms with Crippen LogP contribution < -0.4 is 10.6 Å². The van der Waals surface area contributed by atoms with Gasteiger partial charge < -0.3 is 15.6 Å². The van der Waals surface area contributed by atoms with Crippen LogP contribution in [0.3, 0.4) is 0 Å². The van der Waals surface area contributed by atoms with Crippen molar-refractivity contribution < 1.29 is 4.79 Å². The molecule has 0 atom stereocenters. The Hall–Kier alpha value is -1.45. The summed E-state index contributed by atoms with van der Waals surface area (Å²) in [6.07, 6.45) is 3.63. The zero-order valence-corrected chi connectivity index (χ0v) is 5.27. The molecule has 2 rings (SSSR count). The maximum absolute atomic E-state index is 10.7. The van der Waals surface area contributed by atoms with Gasteiger partial charge in [0.05, 0.1) is 5.69 Å². The van der Waals surface area contributed by atoms with Crippen LogP contribution in [0.5, 0.6) is 0 Å². The number of H-pyrrole nitrogens is 1. The summed E-state index contributed by atoms with van der Waals surface area (Å²) in [5, 5.41) is 5.31. The van der Waals surface area contributed by atoms with Gasteiger partial charge in [0.25, 0.3) is 0 Å². The Morgan fingerprint density at radius 1 is 1.40 bits per heavy atom. The van der Waals surface area contributed by atoms with Crippen LogP contribution in [0.2, 0.25) is 0 Å². The first-order valence-corrected chi connectivity index (χ1v) is 3.07. The lowest BCUT2D eigenvalue weighted by Crippen LogP contribution is -2.32. The lowest BCUT2D eigenvalue weighted by molar-refractivity contribution is 0.251. The summed E-state index contributed by atoms with van der Waals surface area (Å²) in [6.45, 7) is 0.616. The molecule has 1 aliphatic heterocycles. The van der Waals surface area contributed by atoms with Gasteiger partial charge in [0, 0.05) is 24.5 Å². The number of nitrogens with one attached hydrogen (secondary N) is 3. The highest BCUT2D eigenvalue weighted by Gasteiger charge is 2.12. The van der Waals surface area contributed by atoms with Gasteiger partial charge in [-0.2, -0.15) is 0 Å². The van der Waals surface area contributed by atoms with E-state index in [0.29, 0.717) is 6.54 Å². The minimum Gasteiger partial charge on any atom is -0.365 e. The predicted octanol–water partition coefficient (Wildman–Crippen LogP) is 0.650. The molecule has 0 spiro atoms. The fourth-order valence-electron chi connectivity index (χ4n) is 1.00. The highest BCUT2D eigenvalue weighted by molar-refractivity contribution is 5.91. The smallest absolute Gasteiger partial charge is 0.319 e. The molecule has 1 aromatic rings. The molecule has 0 fully saturated rings. The van der Waals surface area contributed by atoms with Crippen LogP contribution in [0.4, 0.5) is 10.5 Å². The van der Waals surface area contributed by atoms with Crippen LogP contribution >= 0.6 is 0 Å². The van der Waals surface area contributed by atoms with Crippen LogP contribution in [-0.4, -0.2) is 11.0 Å². The van der Waals surface area contributed by atoms with Crippen LogP contribution in [0.1, 0.15) is 5.56 Å². The monoisotopic (exact) mass is 137 g/mol. The highest BCUT2D eigenvalue weighted by atomic mass is 16.2. The lowest BCUT2D eigenvalue weighted by atomic mass is 10.2. The van der Waals surface area contributed by atoms with Crippen molar-refractivity contribution in [2.24, 2.45) is 0 Å². The van der Waals surface area contributed by atoms with Crippen molar-refractivity contribution in [3.63, 3.8) is 0 Å². The molecule has 4 heteroatoms. The molecule has 0 saturated heterocycles. The molecule has 0 unspecified atom stereocenters. The van der Waals surface area contributed by atoms with Crippen molar-refractivity contribution >= 4 is 11.7 Å². The van der Waals surface area contributed by atoms with E-state index in [0.717, 1.165) is 11.3 Å². The molecule has 1 aromatic heterocycles. The number of hydrogen-bond donors (Lipinski definition) is 3. The summed E-state index contributed by atoms with van der Waals surface area (Å²) in [5.74, 6) is 0. The predicted molar refractivity (Wildman–Crippen MR) is 36.7 cm³/mol. The van der Waals surface area contributed by atoms with Crippen LogP contribution in [0, 0.1) is 0 Å². The molecule has 0 saturated carbocycles. The van der Waals surface area contributed by atoms with Gasteiger partial charge in [-0.15, -0.1) is 0 Å². The average Bonchev–Trinajstić information content (AvgIpc) is 2.33. The van der Waals surface area contributed by atoms with Crippen LogP contribution in [-0.2, 0) is 6.54 Å². The highest BCUT2D eigenvalue weighted by Crippen LogP contribution is 2.16. The maximum atomic E-state index is 10.7. The second kappa shape index (κ2) is 1.76. The number of hydrogen-bond acceptors (Lipinski definition) is 1. The topological polar surface area (TPSA) is 56.9 Å². The molecule has 0 bridgehead atoms. The van der Waals surface area contributed by atoms with Gasteiger partial charge in [0.2, 0.25) is 0 Å². The van der Waals surface area contributed by atoms with Gasteiger partial charge in [-0.25, -0.2) is 4.79 Å². The molecule has 0 aromatic carbocycles. The number of anilines is 1. The van der Waals surface area contributed by atoms with E-state index < -0.39 is 0 Å². The minimum absolute atomic E-state index is 0.132. The zero-order valence-electron chi connectivity index (χ0n) is 5.27. The number of urea groups is 1. The summed E-state index contributed by atoms with van der Waals surface area (Å²) in [4.78, 5) is 13.6. The Balaban J connectivity index is 2.39. The zero-order chi connectivity index (χ0) is 6.97. The van der Waals surface area contributed by atoms with Crippen molar-refractivity contribution in [2.45, 2.75) is 6.54 Å². The van der Waals surface area contributed by atoms with E-state index in [2.05, 4.69) is 15.6 Å². The SMILES string of the molecule is O=C1NCc2c[nH]cc2N1. The maximum Gasteiger partial charge on any atom is 0.319 e.